The van der Waals surface area contributed by atoms with Gasteiger partial charge in [0.05, 0.1) is 12.2 Å². The van der Waals surface area contributed by atoms with Crippen LogP contribution in [0.3, 0.4) is 0 Å². The third kappa shape index (κ3) is 27.3. The minimum absolute atomic E-state index is 0.0255. The van der Waals surface area contributed by atoms with Gasteiger partial charge < -0.3 is 24.8 Å². The van der Waals surface area contributed by atoms with Crippen molar-refractivity contribution in [3.8, 4) is 0 Å². The topological polar surface area (TPSA) is 130 Å². The van der Waals surface area contributed by atoms with Crippen LogP contribution in [0.5, 0.6) is 0 Å². The molecule has 0 spiro atoms. The molecule has 0 aliphatic rings. The molecule has 0 fully saturated rings. The summed E-state index contributed by atoms with van der Waals surface area (Å²) in [7, 11) is 0. The number of aliphatic carboxylic acids is 1. The number of carboxylic acids is 1. The van der Waals surface area contributed by atoms with Gasteiger partial charge in [-0.25, -0.2) is 9.59 Å². The number of thioether (sulfide) groups is 2. The highest BCUT2D eigenvalue weighted by molar-refractivity contribution is 7.98. The Hall–Kier alpha value is -0.970. The van der Waals surface area contributed by atoms with Gasteiger partial charge in [0.15, 0.2) is 12.2 Å². The predicted octanol–water partition coefficient (Wildman–Crippen LogP) is 2.19. The first-order valence-electron chi connectivity index (χ1n) is 8.83. The first-order chi connectivity index (χ1) is 12.9. The molecule has 0 saturated heterocycles. The van der Waals surface area contributed by atoms with Crippen molar-refractivity contribution in [1.82, 2.24) is 0 Å². The van der Waals surface area contributed by atoms with Gasteiger partial charge in [0.2, 0.25) is 0 Å². The lowest BCUT2D eigenvalue weighted by Crippen LogP contribution is -2.26. The SMILES string of the molecule is CC(=O)OC(C)C.CSCCC(O)C(=O)O.CSCCC(O)C(=O)OC(C)C. The molecule has 8 nitrogen and oxygen atoms in total. The van der Waals surface area contributed by atoms with Gasteiger partial charge in [0.25, 0.3) is 0 Å². The van der Waals surface area contributed by atoms with Crippen molar-refractivity contribution in [3.05, 3.63) is 0 Å². The lowest BCUT2D eigenvalue weighted by atomic mass is 10.3. The molecule has 28 heavy (non-hydrogen) atoms. The second-order valence-corrected chi connectivity index (χ2v) is 8.05. The second-order valence-electron chi connectivity index (χ2n) is 6.08. The number of esters is 2. The average molecular weight is 445 g/mol. The fourth-order valence-electron chi connectivity index (χ4n) is 1.34. The van der Waals surface area contributed by atoms with Crippen LogP contribution in [0.1, 0.15) is 47.5 Å². The molecular formula is C18H36O8S2. The molecule has 0 bridgehead atoms. The number of aliphatic hydroxyl groups excluding tert-OH is 2. The van der Waals surface area contributed by atoms with Crippen LogP contribution >= 0.6 is 23.5 Å². The second kappa shape index (κ2) is 20.8. The van der Waals surface area contributed by atoms with Crippen molar-refractivity contribution in [3.63, 3.8) is 0 Å². The van der Waals surface area contributed by atoms with E-state index in [-0.39, 0.29) is 18.2 Å². The molecule has 0 aliphatic carbocycles. The summed E-state index contributed by atoms with van der Waals surface area (Å²) < 4.78 is 9.42. The van der Waals surface area contributed by atoms with E-state index in [1.807, 2.05) is 26.4 Å². The number of ether oxygens (including phenoxy) is 2. The van der Waals surface area contributed by atoms with Crippen LogP contribution in [0.25, 0.3) is 0 Å². The van der Waals surface area contributed by atoms with E-state index in [1.165, 1.54) is 18.7 Å². The van der Waals surface area contributed by atoms with Crippen LogP contribution in [-0.4, -0.2) is 81.7 Å². The van der Waals surface area contributed by atoms with E-state index in [0.717, 1.165) is 5.75 Å². The van der Waals surface area contributed by atoms with Crippen LogP contribution in [0, 0.1) is 0 Å². The van der Waals surface area contributed by atoms with E-state index >= 15 is 0 Å². The highest BCUT2D eigenvalue weighted by Gasteiger charge is 2.16. The highest BCUT2D eigenvalue weighted by atomic mass is 32.2. The summed E-state index contributed by atoms with van der Waals surface area (Å²) >= 11 is 3.12. The van der Waals surface area contributed by atoms with Gasteiger partial charge in [-0.1, -0.05) is 0 Å². The molecule has 0 heterocycles. The Morgan fingerprint density at radius 1 is 0.821 bits per heavy atom. The summed E-state index contributed by atoms with van der Waals surface area (Å²) in [6.07, 6.45) is 2.33. The molecule has 0 radical (unpaired) electrons. The lowest BCUT2D eigenvalue weighted by molar-refractivity contribution is -0.157. The number of hydrogen-bond acceptors (Lipinski definition) is 9. The molecular weight excluding hydrogens is 408 g/mol. The molecule has 2 unspecified atom stereocenters. The normalized spacial score (nSPS) is 12.1. The van der Waals surface area contributed by atoms with E-state index in [4.69, 9.17) is 14.9 Å². The number of hydrogen-bond donors (Lipinski definition) is 3. The molecule has 0 aromatic carbocycles. The summed E-state index contributed by atoms with van der Waals surface area (Å²) in [6, 6.07) is 0. The fourth-order valence-corrected chi connectivity index (χ4v) is 2.26. The Kier molecular flexibility index (Phi) is 23.5. The smallest absolute Gasteiger partial charge is 0.335 e. The number of aliphatic hydroxyl groups is 2. The van der Waals surface area contributed by atoms with E-state index in [2.05, 4.69) is 4.74 Å². The van der Waals surface area contributed by atoms with E-state index in [0.29, 0.717) is 18.6 Å². The van der Waals surface area contributed by atoms with Crippen molar-refractivity contribution < 1.29 is 39.2 Å². The maximum absolute atomic E-state index is 11.0. The summed E-state index contributed by atoms with van der Waals surface area (Å²) in [5.74, 6) is -0.403. The van der Waals surface area contributed by atoms with Crippen LogP contribution in [0.2, 0.25) is 0 Å². The first-order valence-corrected chi connectivity index (χ1v) is 11.6. The summed E-state index contributed by atoms with van der Waals surface area (Å²) in [5, 5.41) is 26.0. The predicted molar refractivity (Wildman–Crippen MR) is 114 cm³/mol. The zero-order valence-corrected chi connectivity index (χ0v) is 19.5. The third-order valence-corrected chi connectivity index (χ3v) is 3.79. The average Bonchev–Trinajstić information content (AvgIpc) is 2.56. The largest absolute Gasteiger partial charge is 0.479 e. The Morgan fingerprint density at radius 2 is 1.21 bits per heavy atom. The molecule has 168 valence electrons. The Morgan fingerprint density at radius 3 is 1.46 bits per heavy atom. The van der Waals surface area contributed by atoms with E-state index < -0.39 is 24.1 Å². The number of carbonyl (C=O) groups is 3. The quantitative estimate of drug-likeness (QED) is 0.431. The number of carboxylic acid groups (broad SMARTS) is 1. The van der Waals surface area contributed by atoms with Crippen molar-refractivity contribution in [2.75, 3.05) is 24.0 Å². The van der Waals surface area contributed by atoms with Crippen LogP contribution in [0.15, 0.2) is 0 Å². The Labute approximate surface area is 176 Å². The molecule has 0 aromatic rings. The first kappa shape index (κ1) is 31.7. The van der Waals surface area contributed by atoms with Crippen LogP contribution in [0.4, 0.5) is 0 Å². The Bertz CT molecular complexity index is 416. The fraction of sp³-hybridized carbons (Fsp3) is 0.833. The summed E-state index contributed by atoms with van der Waals surface area (Å²) in [4.78, 5) is 31.0. The summed E-state index contributed by atoms with van der Waals surface area (Å²) in [5.41, 5.74) is 0. The van der Waals surface area contributed by atoms with E-state index in [1.54, 1.807) is 25.6 Å². The molecule has 0 aromatic heterocycles. The zero-order chi connectivity index (χ0) is 22.7. The number of rotatable bonds is 10. The molecule has 0 saturated carbocycles. The molecule has 10 heteroatoms. The van der Waals surface area contributed by atoms with Crippen LogP contribution < -0.4 is 0 Å². The third-order valence-electron chi connectivity index (χ3n) is 2.50. The minimum atomic E-state index is -1.18. The zero-order valence-electron chi connectivity index (χ0n) is 17.8. The van der Waals surface area contributed by atoms with Gasteiger partial charge in [0.1, 0.15) is 0 Å². The maximum Gasteiger partial charge on any atom is 0.335 e. The molecule has 3 N–H and O–H groups in total. The van der Waals surface area contributed by atoms with Gasteiger partial charge in [-0.2, -0.15) is 23.5 Å². The van der Waals surface area contributed by atoms with Gasteiger partial charge in [-0.15, -0.1) is 0 Å². The lowest BCUT2D eigenvalue weighted by Gasteiger charge is -2.11. The van der Waals surface area contributed by atoms with Crippen molar-refractivity contribution >= 4 is 41.4 Å². The van der Waals surface area contributed by atoms with Crippen molar-refractivity contribution in [1.29, 1.82) is 0 Å². The van der Waals surface area contributed by atoms with Gasteiger partial charge in [-0.3, -0.25) is 4.79 Å². The van der Waals surface area contributed by atoms with Gasteiger partial charge >= 0.3 is 17.9 Å². The monoisotopic (exact) mass is 444 g/mol. The van der Waals surface area contributed by atoms with Gasteiger partial charge in [0, 0.05) is 6.92 Å². The molecule has 0 amide bonds. The van der Waals surface area contributed by atoms with Crippen molar-refractivity contribution in [2.24, 2.45) is 0 Å². The highest BCUT2D eigenvalue weighted by Crippen LogP contribution is 2.03. The van der Waals surface area contributed by atoms with Crippen LogP contribution in [-0.2, 0) is 23.9 Å². The van der Waals surface area contributed by atoms with E-state index in [9.17, 15) is 19.5 Å². The number of carbonyl (C=O) groups excluding carboxylic acids is 2. The summed E-state index contributed by atoms with van der Waals surface area (Å²) in [6.45, 7) is 8.57. The van der Waals surface area contributed by atoms with Crippen molar-refractivity contribution in [2.45, 2.75) is 71.9 Å². The molecule has 0 aliphatic heterocycles. The molecule has 2 atom stereocenters. The standard InChI is InChI=1S/C8H16O3S.C5H10O3S.C5H10O2/c1-6(2)11-8(10)7(9)4-5-12-3;1-9-3-2-4(6)5(7)8;1-4(2)7-5(3)6/h6-7,9H,4-5H2,1-3H3;4,6H,2-3H2,1H3,(H,7,8);4H,1-3H3. The van der Waals surface area contributed by atoms with Gasteiger partial charge in [-0.05, 0) is 64.6 Å². The molecule has 0 rings (SSSR count). The maximum atomic E-state index is 11.0. The minimum Gasteiger partial charge on any atom is -0.479 e. The Balaban J connectivity index is -0.000000349.